The summed E-state index contributed by atoms with van der Waals surface area (Å²) >= 11 is 0. The smallest absolute Gasteiger partial charge is 0.419 e. The molecule has 0 bridgehead atoms. The van der Waals surface area contributed by atoms with Gasteiger partial charge in [-0.15, -0.1) is 0 Å². The topological polar surface area (TPSA) is 74.6 Å². The summed E-state index contributed by atoms with van der Waals surface area (Å²) in [5, 5.41) is 1.04. The molecule has 0 amide bonds. The van der Waals surface area contributed by atoms with Crippen molar-refractivity contribution < 1.29 is 22.1 Å². The fraction of sp³-hybridized carbons (Fsp3) is 0.464. The third-order valence-electron chi connectivity index (χ3n) is 6.71. The number of benzene rings is 2. The van der Waals surface area contributed by atoms with E-state index in [9.17, 15) is 13.2 Å². The van der Waals surface area contributed by atoms with Gasteiger partial charge in [-0.2, -0.15) is 8.42 Å². The van der Waals surface area contributed by atoms with E-state index >= 15 is 0 Å². The summed E-state index contributed by atoms with van der Waals surface area (Å²) < 4.78 is 38.6. The van der Waals surface area contributed by atoms with E-state index in [-0.39, 0.29) is 23.3 Å². The standard InChI is InChI=1S/C28H35NO5S/c1-7-20-16-24-21(17-33-35(31,32)22-12-8-18(2)9-13-22)11-10-19(3)25(24)26-23(20)14-15-29(26)27(30)34-28(4,5)6/h8-9,12-16,19,21H,7,10-11,17H2,1-6H3/t19-,21+/m0/s1. The highest BCUT2D eigenvalue weighted by atomic mass is 32.2. The molecule has 4 rings (SSSR count). The fourth-order valence-corrected chi connectivity index (χ4v) is 5.88. The average molecular weight is 498 g/mol. The summed E-state index contributed by atoms with van der Waals surface area (Å²) in [5.74, 6) is 0.137. The highest BCUT2D eigenvalue weighted by molar-refractivity contribution is 7.86. The van der Waals surface area contributed by atoms with Crippen molar-refractivity contribution in [3.63, 3.8) is 0 Å². The van der Waals surface area contributed by atoms with Gasteiger partial charge < -0.3 is 4.74 Å². The lowest BCUT2D eigenvalue weighted by Crippen LogP contribution is -2.27. The Hall–Kier alpha value is -2.64. The number of carbonyl (C=O) groups excluding carboxylic acids is 1. The molecular weight excluding hydrogens is 462 g/mol. The van der Waals surface area contributed by atoms with Crippen molar-refractivity contribution in [3.8, 4) is 0 Å². The van der Waals surface area contributed by atoms with Crippen LogP contribution < -0.4 is 0 Å². The summed E-state index contributed by atoms with van der Waals surface area (Å²) in [6.45, 7) is 11.8. The molecule has 0 spiro atoms. The van der Waals surface area contributed by atoms with Crippen LogP contribution in [0.3, 0.4) is 0 Å². The van der Waals surface area contributed by atoms with Crippen LogP contribution in [0.25, 0.3) is 10.9 Å². The molecule has 0 radical (unpaired) electrons. The van der Waals surface area contributed by atoms with E-state index in [1.165, 1.54) is 0 Å². The van der Waals surface area contributed by atoms with E-state index in [1.807, 2.05) is 33.8 Å². The molecule has 0 saturated carbocycles. The zero-order valence-corrected chi connectivity index (χ0v) is 22.2. The number of rotatable bonds is 5. The lowest BCUT2D eigenvalue weighted by Gasteiger charge is -2.31. The first-order valence-corrected chi connectivity index (χ1v) is 13.7. The number of fused-ring (bicyclic) bond motifs is 3. The minimum atomic E-state index is -3.86. The van der Waals surface area contributed by atoms with Crippen molar-refractivity contribution in [2.24, 2.45) is 0 Å². The monoisotopic (exact) mass is 497 g/mol. The van der Waals surface area contributed by atoms with Gasteiger partial charge >= 0.3 is 6.09 Å². The second-order valence-corrected chi connectivity index (χ2v) is 12.2. The number of hydrogen-bond acceptors (Lipinski definition) is 5. The molecule has 0 unspecified atom stereocenters. The quantitative estimate of drug-likeness (QED) is 0.368. The number of ether oxygens (including phenoxy) is 1. The molecule has 2 aromatic carbocycles. The van der Waals surface area contributed by atoms with Crippen molar-refractivity contribution in [2.75, 3.05) is 6.61 Å². The van der Waals surface area contributed by atoms with Crippen LogP contribution in [-0.2, 0) is 25.5 Å². The molecule has 188 valence electrons. The molecule has 0 saturated heterocycles. The van der Waals surface area contributed by atoms with Crippen molar-refractivity contribution in [1.29, 1.82) is 0 Å². The molecule has 35 heavy (non-hydrogen) atoms. The van der Waals surface area contributed by atoms with Crippen LogP contribution in [0.2, 0.25) is 0 Å². The van der Waals surface area contributed by atoms with Crippen LogP contribution in [0.1, 0.15) is 81.5 Å². The lowest BCUT2D eigenvalue weighted by atomic mass is 9.76. The molecule has 3 aromatic rings. The minimum Gasteiger partial charge on any atom is -0.443 e. The molecule has 0 aliphatic heterocycles. The fourth-order valence-electron chi connectivity index (χ4n) is 4.93. The van der Waals surface area contributed by atoms with E-state index in [1.54, 1.807) is 35.0 Å². The Kier molecular flexibility index (Phi) is 6.86. The zero-order valence-electron chi connectivity index (χ0n) is 21.4. The highest BCUT2D eigenvalue weighted by Crippen LogP contribution is 2.44. The largest absolute Gasteiger partial charge is 0.443 e. The Labute approximate surface area is 208 Å². The van der Waals surface area contributed by atoms with Crippen LogP contribution in [0.5, 0.6) is 0 Å². The SMILES string of the molecule is CCc1cc2c(c3c1ccn3C(=O)OC(C)(C)C)[C@@H](C)CC[C@@H]2COS(=O)(=O)c1ccc(C)cc1. The molecule has 0 fully saturated rings. The second-order valence-electron chi connectivity index (χ2n) is 10.5. The number of carbonyl (C=O) groups is 1. The van der Waals surface area contributed by atoms with Gasteiger partial charge in [0.15, 0.2) is 0 Å². The third kappa shape index (κ3) is 5.16. The molecular formula is C28H35NO5S. The number of aryl methyl sites for hydroxylation is 2. The van der Waals surface area contributed by atoms with Crippen LogP contribution in [0.4, 0.5) is 4.79 Å². The summed E-state index contributed by atoms with van der Waals surface area (Å²) in [7, 11) is -3.86. The first-order valence-electron chi connectivity index (χ1n) is 12.3. The molecule has 1 heterocycles. The first-order chi connectivity index (χ1) is 16.4. The molecule has 0 N–H and O–H groups in total. The van der Waals surface area contributed by atoms with Crippen LogP contribution in [0.15, 0.2) is 47.5 Å². The Morgan fingerprint density at radius 3 is 2.43 bits per heavy atom. The summed E-state index contributed by atoms with van der Waals surface area (Å²) in [6, 6.07) is 10.8. The zero-order chi connectivity index (χ0) is 25.5. The Bertz CT molecular complexity index is 1350. The number of aromatic nitrogens is 1. The molecule has 2 atom stereocenters. The minimum absolute atomic E-state index is 0.0672. The normalized spacial score (nSPS) is 18.5. The maximum atomic E-state index is 13.1. The van der Waals surface area contributed by atoms with Gasteiger partial charge in [0.1, 0.15) is 5.60 Å². The van der Waals surface area contributed by atoms with E-state index in [4.69, 9.17) is 8.92 Å². The predicted molar refractivity (Wildman–Crippen MR) is 138 cm³/mol. The van der Waals surface area contributed by atoms with Crippen molar-refractivity contribution >= 4 is 27.1 Å². The first kappa shape index (κ1) is 25.5. The van der Waals surface area contributed by atoms with Gasteiger partial charge in [0.05, 0.1) is 17.0 Å². The van der Waals surface area contributed by atoms with Crippen molar-refractivity contribution in [3.05, 3.63) is 64.8 Å². The second kappa shape index (κ2) is 9.43. The van der Waals surface area contributed by atoms with Crippen molar-refractivity contribution in [1.82, 2.24) is 4.57 Å². The van der Waals surface area contributed by atoms with E-state index in [2.05, 4.69) is 19.9 Å². The molecule has 1 aromatic heterocycles. The Morgan fingerprint density at radius 2 is 1.80 bits per heavy atom. The van der Waals surface area contributed by atoms with Gasteiger partial charge in [0, 0.05) is 17.5 Å². The van der Waals surface area contributed by atoms with E-state index in [0.717, 1.165) is 52.4 Å². The summed E-state index contributed by atoms with van der Waals surface area (Å²) in [5.41, 5.74) is 4.52. The average Bonchev–Trinajstić information content (AvgIpc) is 3.22. The number of nitrogens with zero attached hydrogens (tertiary/aromatic N) is 1. The molecule has 6 nitrogen and oxygen atoms in total. The van der Waals surface area contributed by atoms with E-state index < -0.39 is 21.8 Å². The predicted octanol–water partition coefficient (Wildman–Crippen LogP) is 6.68. The van der Waals surface area contributed by atoms with Gasteiger partial charge in [-0.1, -0.05) is 37.6 Å². The maximum absolute atomic E-state index is 13.1. The van der Waals surface area contributed by atoms with E-state index in [0.29, 0.717) is 0 Å². The summed E-state index contributed by atoms with van der Waals surface area (Å²) in [6.07, 6.45) is 3.87. The van der Waals surface area contributed by atoms with Crippen LogP contribution >= 0.6 is 0 Å². The molecule has 1 aliphatic carbocycles. The van der Waals surface area contributed by atoms with Crippen molar-refractivity contribution in [2.45, 2.75) is 83.1 Å². The van der Waals surface area contributed by atoms with Gasteiger partial charge in [0.2, 0.25) is 0 Å². The molecule has 7 heteroatoms. The van der Waals surface area contributed by atoms with Crippen LogP contribution in [0, 0.1) is 6.92 Å². The summed E-state index contributed by atoms with van der Waals surface area (Å²) in [4.78, 5) is 13.2. The van der Waals surface area contributed by atoms with Gasteiger partial charge in [-0.25, -0.2) is 4.79 Å². The van der Waals surface area contributed by atoms with Crippen LogP contribution in [-0.4, -0.2) is 31.3 Å². The maximum Gasteiger partial charge on any atom is 0.419 e. The third-order valence-corrected chi connectivity index (χ3v) is 8.01. The van der Waals surface area contributed by atoms with Gasteiger partial charge in [0.25, 0.3) is 10.1 Å². The van der Waals surface area contributed by atoms with Gasteiger partial charge in [-0.05, 0) is 87.8 Å². The molecule has 1 aliphatic rings. The Morgan fingerprint density at radius 1 is 1.11 bits per heavy atom. The number of hydrogen-bond donors (Lipinski definition) is 0. The lowest BCUT2D eigenvalue weighted by molar-refractivity contribution is 0.0544. The highest BCUT2D eigenvalue weighted by Gasteiger charge is 2.32. The van der Waals surface area contributed by atoms with Gasteiger partial charge in [-0.3, -0.25) is 8.75 Å². The Balaban J connectivity index is 1.74.